The first kappa shape index (κ1) is 9.56. The molecule has 0 bridgehead atoms. The lowest BCUT2D eigenvalue weighted by Crippen LogP contribution is -2.07. The van der Waals surface area contributed by atoms with Gasteiger partial charge in [0.05, 0.1) is 0 Å². The van der Waals surface area contributed by atoms with Gasteiger partial charge in [-0.15, -0.1) is 0 Å². The van der Waals surface area contributed by atoms with Gasteiger partial charge in [-0.1, -0.05) is 0 Å². The van der Waals surface area contributed by atoms with E-state index in [-0.39, 0.29) is 0 Å². The molecule has 1 aromatic heterocycles. The van der Waals surface area contributed by atoms with E-state index in [9.17, 15) is 17.6 Å². The van der Waals surface area contributed by atoms with Crippen LogP contribution in [0.15, 0.2) is 6.07 Å². The third kappa shape index (κ3) is 2.20. The second kappa shape index (κ2) is 3.46. The summed E-state index contributed by atoms with van der Waals surface area (Å²) in [5.74, 6) is -4.17. The Balaban J connectivity index is 3.01. The van der Waals surface area contributed by atoms with Crippen molar-refractivity contribution >= 4 is 5.82 Å². The molecule has 0 saturated carbocycles. The molecule has 0 aliphatic rings. The molecule has 0 amide bonds. The summed E-state index contributed by atoms with van der Waals surface area (Å²) in [6.07, 6.45) is 0. The quantitative estimate of drug-likeness (QED) is 0.576. The first-order valence-corrected chi connectivity index (χ1v) is 3.07. The number of hydrogen-bond acceptors (Lipinski definition) is 3. The molecule has 0 aliphatic heterocycles. The molecule has 0 aliphatic carbocycles. The minimum Gasteiger partial charge on any atom is -0.430 e. The number of pyridine rings is 1. The lowest BCUT2D eigenvalue weighted by atomic mass is 10.4. The van der Waals surface area contributed by atoms with E-state index < -0.39 is 29.9 Å². The van der Waals surface area contributed by atoms with Gasteiger partial charge in [0.2, 0.25) is 0 Å². The lowest BCUT2D eigenvalue weighted by molar-refractivity contribution is -0.0528. The van der Waals surface area contributed by atoms with Crippen LogP contribution in [-0.2, 0) is 0 Å². The number of nitrogens with zero attached hydrogens (tertiary/aromatic N) is 1. The predicted molar refractivity (Wildman–Crippen MR) is 35.2 cm³/mol. The molecule has 0 saturated heterocycles. The van der Waals surface area contributed by atoms with E-state index in [0.29, 0.717) is 6.07 Å². The average Bonchev–Trinajstić information content (AvgIpc) is 1.99. The number of aromatic nitrogens is 1. The predicted octanol–water partition coefficient (Wildman–Crippen LogP) is 1.54. The molecule has 3 nitrogen and oxygen atoms in total. The highest BCUT2D eigenvalue weighted by atomic mass is 19.3. The Bertz CT molecular complexity index is 318. The van der Waals surface area contributed by atoms with E-state index in [1.54, 1.807) is 0 Å². The molecule has 1 aromatic rings. The fourth-order valence-electron chi connectivity index (χ4n) is 0.641. The molecular weight excluding hydrogens is 192 g/mol. The number of nitrogens with two attached hydrogens (primary N) is 1. The molecule has 13 heavy (non-hydrogen) atoms. The summed E-state index contributed by atoms with van der Waals surface area (Å²) < 4.78 is 51.8. The first-order valence-electron chi connectivity index (χ1n) is 3.07. The van der Waals surface area contributed by atoms with Gasteiger partial charge in [-0.3, -0.25) is 0 Å². The number of rotatable bonds is 2. The Labute approximate surface area is 70.1 Å². The summed E-state index contributed by atoms with van der Waals surface area (Å²) >= 11 is 0. The van der Waals surface area contributed by atoms with Gasteiger partial charge in [0.15, 0.2) is 17.4 Å². The van der Waals surface area contributed by atoms with Crippen molar-refractivity contribution in [2.75, 3.05) is 5.73 Å². The van der Waals surface area contributed by atoms with Crippen molar-refractivity contribution in [3.63, 3.8) is 0 Å². The second-order valence-electron chi connectivity index (χ2n) is 2.02. The van der Waals surface area contributed by atoms with Gasteiger partial charge < -0.3 is 10.5 Å². The van der Waals surface area contributed by atoms with E-state index >= 15 is 0 Å². The summed E-state index contributed by atoms with van der Waals surface area (Å²) in [5.41, 5.74) is 4.85. The molecule has 0 radical (unpaired) electrons. The fraction of sp³-hybridized carbons (Fsp3) is 0.167. The van der Waals surface area contributed by atoms with E-state index in [1.165, 1.54) is 0 Å². The van der Waals surface area contributed by atoms with E-state index in [2.05, 4.69) is 9.72 Å². The highest BCUT2D eigenvalue weighted by Crippen LogP contribution is 2.21. The van der Waals surface area contributed by atoms with Crippen LogP contribution in [0, 0.1) is 11.8 Å². The number of anilines is 1. The molecule has 72 valence electrons. The summed E-state index contributed by atoms with van der Waals surface area (Å²) in [6, 6.07) is 0.407. The minimum absolute atomic E-state index is 0.407. The van der Waals surface area contributed by atoms with Crippen LogP contribution >= 0.6 is 0 Å². The molecule has 1 rings (SSSR count). The van der Waals surface area contributed by atoms with Gasteiger partial charge in [-0.25, -0.2) is 4.39 Å². The number of alkyl halides is 2. The Morgan fingerprint density at radius 2 is 2.00 bits per heavy atom. The molecule has 0 fully saturated rings. The van der Waals surface area contributed by atoms with Crippen LogP contribution in [0.5, 0.6) is 5.75 Å². The van der Waals surface area contributed by atoms with Crippen LogP contribution in [0.25, 0.3) is 0 Å². The summed E-state index contributed by atoms with van der Waals surface area (Å²) in [4.78, 5) is 2.80. The zero-order valence-corrected chi connectivity index (χ0v) is 6.10. The maximum absolute atomic E-state index is 12.6. The Morgan fingerprint density at radius 3 is 2.54 bits per heavy atom. The number of ether oxygens (including phenoxy) is 1. The van der Waals surface area contributed by atoms with Crippen LogP contribution in [-0.4, -0.2) is 11.6 Å². The van der Waals surface area contributed by atoms with Crippen molar-refractivity contribution in [2.24, 2.45) is 0 Å². The zero-order valence-electron chi connectivity index (χ0n) is 6.10. The van der Waals surface area contributed by atoms with Crippen molar-refractivity contribution in [3.8, 4) is 5.75 Å². The fourth-order valence-corrected chi connectivity index (χ4v) is 0.641. The van der Waals surface area contributed by atoms with Gasteiger partial charge in [0, 0.05) is 6.07 Å². The average molecular weight is 196 g/mol. The van der Waals surface area contributed by atoms with Crippen LogP contribution in [0.1, 0.15) is 0 Å². The summed E-state index contributed by atoms with van der Waals surface area (Å²) in [6.45, 7) is -3.24. The third-order valence-electron chi connectivity index (χ3n) is 1.14. The van der Waals surface area contributed by atoms with Crippen LogP contribution in [0.3, 0.4) is 0 Å². The van der Waals surface area contributed by atoms with Crippen molar-refractivity contribution < 1.29 is 22.3 Å². The van der Waals surface area contributed by atoms with E-state index in [1.807, 2.05) is 0 Å². The Kier molecular flexibility index (Phi) is 2.54. The first-order chi connectivity index (χ1) is 6.00. The number of hydrogen-bond donors (Lipinski definition) is 1. The van der Waals surface area contributed by atoms with Gasteiger partial charge in [-0.05, 0) is 0 Å². The standard InChI is InChI=1S/C6H4F4N2O/c7-2-1-3(13-6(9)10)4(8)12-5(2)11/h1,6H,(H2,11,12). The molecule has 0 aromatic carbocycles. The topological polar surface area (TPSA) is 48.1 Å². The highest BCUT2D eigenvalue weighted by molar-refractivity contribution is 5.35. The zero-order chi connectivity index (χ0) is 10.0. The van der Waals surface area contributed by atoms with Gasteiger partial charge >= 0.3 is 6.61 Å². The van der Waals surface area contributed by atoms with Gasteiger partial charge in [0.1, 0.15) is 0 Å². The number of nitrogen functional groups attached to an aromatic ring is 1. The largest absolute Gasteiger partial charge is 0.430 e. The van der Waals surface area contributed by atoms with Crippen LogP contribution in [0.4, 0.5) is 23.4 Å². The van der Waals surface area contributed by atoms with Crippen LogP contribution < -0.4 is 10.5 Å². The molecule has 0 atom stereocenters. The minimum atomic E-state index is -3.24. The molecule has 2 N–H and O–H groups in total. The normalized spacial score (nSPS) is 10.5. The van der Waals surface area contributed by atoms with Crippen molar-refractivity contribution in [2.45, 2.75) is 6.61 Å². The van der Waals surface area contributed by atoms with Gasteiger partial charge in [0.25, 0.3) is 5.95 Å². The van der Waals surface area contributed by atoms with Crippen molar-refractivity contribution in [3.05, 3.63) is 17.8 Å². The Morgan fingerprint density at radius 1 is 1.38 bits per heavy atom. The van der Waals surface area contributed by atoms with E-state index in [0.717, 1.165) is 0 Å². The molecule has 1 heterocycles. The highest BCUT2D eigenvalue weighted by Gasteiger charge is 2.14. The van der Waals surface area contributed by atoms with Gasteiger partial charge in [-0.2, -0.15) is 18.2 Å². The smallest absolute Gasteiger partial charge is 0.387 e. The monoisotopic (exact) mass is 196 g/mol. The molecule has 0 spiro atoms. The molecular formula is C6H4F4N2O. The van der Waals surface area contributed by atoms with Crippen LogP contribution in [0.2, 0.25) is 0 Å². The van der Waals surface area contributed by atoms with E-state index in [4.69, 9.17) is 5.73 Å². The maximum atomic E-state index is 12.6. The van der Waals surface area contributed by atoms with Crippen molar-refractivity contribution in [1.82, 2.24) is 4.98 Å². The number of halogens is 4. The summed E-state index contributed by atoms with van der Waals surface area (Å²) in [5, 5.41) is 0. The second-order valence-corrected chi connectivity index (χ2v) is 2.02. The maximum Gasteiger partial charge on any atom is 0.387 e. The molecule has 7 heteroatoms. The molecule has 0 unspecified atom stereocenters. The third-order valence-corrected chi connectivity index (χ3v) is 1.14. The Hall–Kier alpha value is -1.53. The SMILES string of the molecule is Nc1nc(F)c(OC(F)F)cc1F. The summed E-state index contributed by atoms with van der Waals surface area (Å²) in [7, 11) is 0. The lowest BCUT2D eigenvalue weighted by Gasteiger charge is -2.05. The van der Waals surface area contributed by atoms with Crippen molar-refractivity contribution in [1.29, 1.82) is 0 Å².